The van der Waals surface area contributed by atoms with Crippen LogP contribution in [0.25, 0.3) is 0 Å². The molecule has 330 valence electrons. The van der Waals surface area contributed by atoms with Gasteiger partial charge in [-0.3, -0.25) is 14.1 Å². The summed E-state index contributed by atoms with van der Waals surface area (Å²) < 4.78 is 26.5. The third-order valence-electron chi connectivity index (χ3n) is 10.5. The van der Waals surface area contributed by atoms with E-state index < -0.39 is 32.5 Å². The maximum Gasteiger partial charge on any atom is 0.469 e. The zero-order valence-electron chi connectivity index (χ0n) is 36.5. The highest BCUT2D eigenvalue weighted by Crippen LogP contribution is 2.36. The molecule has 0 fully saturated rings. The quantitative estimate of drug-likeness (QED) is 0.0270. The van der Waals surface area contributed by atoms with Crippen LogP contribution in [0.1, 0.15) is 245 Å². The second-order valence-electron chi connectivity index (χ2n) is 16.1. The Balaban J connectivity index is 3.81. The molecule has 0 bridgehead atoms. The van der Waals surface area contributed by atoms with Crippen molar-refractivity contribution in [2.24, 2.45) is 0 Å². The molecule has 0 radical (unpaired) electrons. The van der Waals surface area contributed by atoms with Gasteiger partial charge < -0.3 is 19.3 Å². The highest BCUT2D eigenvalue weighted by atomic mass is 31.2. The molecule has 9 heteroatoms. The highest BCUT2D eigenvalue weighted by molar-refractivity contribution is 7.46. The normalized spacial score (nSPS) is 12.6. The van der Waals surface area contributed by atoms with E-state index in [4.69, 9.17) is 19.3 Å². The SMILES string of the molecule is CCCCCC/C=C/C=C/CCCCCCCC(=O)OC[C@H](COP(=O)(O)O)OC(=O)CCCCCCCCCCCCCCCCCCCCCCCCC. The predicted octanol–water partition coefficient (Wildman–Crippen LogP) is 14.7. The number of carbonyl (C=O) groups excluding carboxylic acids is 2. The lowest BCUT2D eigenvalue weighted by Crippen LogP contribution is -2.29. The Morgan fingerprint density at radius 2 is 0.786 bits per heavy atom. The smallest absolute Gasteiger partial charge is 0.462 e. The maximum atomic E-state index is 12.4. The Morgan fingerprint density at radius 1 is 0.464 bits per heavy atom. The van der Waals surface area contributed by atoms with E-state index in [1.807, 2.05) is 0 Å². The van der Waals surface area contributed by atoms with Crippen molar-refractivity contribution in [3.05, 3.63) is 24.3 Å². The minimum atomic E-state index is -4.76. The summed E-state index contributed by atoms with van der Waals surface area (Å²) in [6.45, 7) is 3.69. The van der Waals surface area contributed by atoms with Crippen molar-refractivity contribution in [3.8, 4) is 0 Å². The first kappa shape index (κ1) is 54.5. The van der Waals surface area contributed by atoms with Gasteiger partial charge in [0.2, 0.25) is 0 Å². The van der Waals surface area contributed by atoms with E-state index in [9.17, 15) is 14.2 Å². The molecular weight excluding hydrogens is 723 g/mol. The van der Waals surface area contributed by atoms with E-state index in [0.29, 0.717) is 12.8 Å². The predicted molar refractivity (Wildman–Crippen MR) is 235 cm³/mol. The van der Waals surface area contributed by atoms with Gasteiger partial charge in [0.05, 0.1) is 6.61 Å². The number of ether oxygens (including phenoxy) is 2. The third-order valence-corrected chi connectivity index (χ3v) is 11.0. The number of hydrogen-bond donors (Lipinski definition) is 2. The fourth-order valence-electron chi connectivity index (χ4n) is 6.95. The second kappa shape index (κ2) is 43.1. The van der Waals surface area contributed by atoms with Crippen LogP contribution in [0.5, 0.6) is 0 Å². The lowest BCUT2D eigenvalue weighted by atomic mass is 10.0. The van der Waals surface area contributed by atoms with Gasteiger partial charge in [0.1, 0.15) is 6.61 Å². The molecule has 0 aliphatic carbocycles. The molecule has 8 nitrogen and oxygen atoms in total. The van der Waals surface area contributed by atoms with E-state index in [1.54, 1.807) is 0 Å². The van der Waals surface area contributed by atoms with Gasteiger partial charge in [0.25, 0.3) is 0 Å². The molecule has 0 aliphatic rings. The average Bonchev–Trinajstić information content (AvgIpc) is 3.17. The molecule has 56 heavy (non-hydrogen) atoms. The summed E-state index contributed by atoms with van der Waals surface area (Å²) in [5, 5.41) is 0. The van der Waals surface area contributed by atoms with Crippen molar-refractivity contribution in [1.29, 1.82) is 0 Å². The molecular formula is C47H89O8P. The number of hydrogen-bond acceptors (Lipinski definition) is 6. The van der Waals surface area contributed by atoms with E-state index in [-0.39, 0.29) is 19.4 Å². The third kappa shape index (κ3) is 45.2. The molecule has 0 aromatic heterocycles. The van der Waals surface area contributed by atoms with Crippen LogP contribution in [0.15, 0.2) is 24.3 Å². The molecule has 0 aliphatic heterocycles. The molecule has 0 spiro atoms. The number of phosphoric acid groups is 1. The molecule has 0 rings (SSSR count). The van der Waals surface area contributed by atoms with Crippen LogP contribution >= 0.6 is 7.82 Å². The first-order valence-electron chi connectivity index (χ1n) is 23.6. The van der Waals surface area contributed by atoms with Crippen LogP contribution in [0.4, 0.5) is 0 Å². The number of esters is 2. The molecule has 0 amide bonds. The van der Waals surface area contributed by atoms with Crippen LogP contribution in [-0.2, 0) is 28.2 Å². The van der Waals surface area contributed by atoms with Crippen molar-refractivity contribution >= 4 is 19.8 Å². The van der Waals surface area contributed by atoms with E-state index in [1.165, 1.54) is 148 Å². The fraction of sp³-hybridized carbons (Fsp3) is 0.872. The number of phosphoric ester groups is 1. The molecule has 0 heterocycles. The number of unbranched alkanes of at least 4 members (excludes halogenated alkanes) is 31. The number of carbonyl (C=O) groups is 2. The van der Waals surface area contributed by atoms with Crippen LogP contribution in [0, 0.1) is 0 Å². The number of allylic oxidation sites excluding steroid dienone is 4. The molecule has 0 saturated carbocycles. The average molecular weight is 813 g/mol. The maximum absolute atomic E-state index is 12.4. The second-order valence-corrected chi connectivity index (χ2v) is 17.4. The topological polar surface area (TPSA) is 119 Å². The summed E-state index contributed by atoms with van der Waals surface area (Å²) in [6.07, 6.45) is 50.5. The lowest BCUT2D eigenvalue weighted by Gasteiger charge is -2.18. The Bertz CT molecular complexity index is 962. The van der Waals surface area contributed by atoms with Crippen molar-refractivity contribution in [3.63, 3.8) is 0 Å². The van der Waals surface area contributed by atoms with Gasteiger partial charge in [-0.2, -0.15) is 0 Å². The van der Waals surface area contributed by atoms with Gasteiger partial charge in [0, 0.05) is 12.8 Å². The van der Waals surface area contributed by atoms with Gasteiger partial charge in [-0.15, -0.1) is 0 Å². The van der Waals surface area contributed by atoms with Crippen molar-refractivity contribution in [1.82, 2.24) is 0 Å². The molecule has 0 saturated heterocycles. The summed E-state index contributed by atoms with van der Waals surface area (Å²) in [5.74, 6) is -0.890. The Kier molecular flexibility index (Phi) is 42.0. The molecule has 0 aromatic carbocycles. The van der Waals surface area contributed by atoms with Crippen LogP contribution in [-0.4, -0.2) is 41.0 Å². The standard InChI is InChI=1S/C47H89O8P/c1-3-5-7-9-11-13-15-17-19-20-21-22-23-24-25-26-28-30-32-34-36-38-40-42-47(49)55-45(44-54-56(50,51)52)43-53-46(48)41-39-37-35-33-31-29-27-18-16-14-12-10-8-6-4-2/h14,16,18,27,45H,3-13,15,17,19-26,28-44H2,1-2H3,(H2,50,51,52)/b16-14+,27-18+/t45-/m1/s1. The van der Waals surface area contributed by atoms with E-state index >= 15 is 0 Å². The first-order chi connectivity index (χ1) is 27.3. The minimum absolute atomic E-state index is 0.213. The van der Waals surface area contributed by atoms with Crippen LogP contribution in [0.3, 0.4) is 0 Å². The van der Waals surface area contributed by atoms with Crippen LogP contribution in [0.2, 0.25) is 0 Å². The van der Waals surface area contributed by atoms with Crippen molar-refractivity contribution in [2.45, 2.75) is 251 Å². The van der Waals surface area contributed by atoms with Crippen molar-refractivity contribution in [2.75, 3.05) is 13.2 Å². The molecule has 1 atom stereocenters. The minimum Gasteiger partial charge on any atom is -0.462 e. The lowest BCUT2D eigenvalue weighted by molar-refractivity contribution is -0.161. The first-order valence-corrected chi connectivity index (χ1v) is 25.2. The molecule has 0 aromatic rings. The summed E-state index contributed by atoms with van der Waals surface area (Å²) in [6, 6.07) is 0. The molecule has 0 unspecified atom stereocenters. The highest BCUT2D eigenvalue weighted by Gasteiger charge is 2.23. The zero-order chi connectivity index (χ0) is 41.1. The summed E-state index contributed by atoms with van der Waals surface area (Å²) in [4.78, 5) is 43.0. The van der Waals surface area contributed by atoms with Gasteiger partial charge in [0.15, 0.2) is 6.10 Å². The summed E-state index contributed by atoms with van der Waals surface area (Å²) in [7, 11) is -4.76. The zero-order valence-corrected chi connectivity index (χ0v) is 37.4. The largest absolute Gasteiger partial charge is 0.469 e. The summed E-state index contributed by atoms with van der Waals surface area (Å²) in [5.41, 5.74) is 0. The Hall–Kier alpha value is -1.47. The van der Waals surface area contributed by atoms with Gasteiger partial charge in [-0.05, 0) is 38.5 Å². The van der Waals surface area contributed by atoms with Crippen molar-refractivity contribution < 1.29 is 37.9 Å². The molecule has 2 N–H and O–H groups in total. The Labute approximate surface area is 345 Å². The van der Waals surface area contributed by atoms with Gasteiger partial charge in [-0.25, -0.2) is 4.57 Å². The monoisotopic (exact) mass is 813 g/mol. The van der Waals surface area contributed by atoms with Gasteiger partial charge >= 0.3 is 19.8 Å². The summed E-state index contributed by atoms with van der Waals surface area (Å²) >= 11 is 0. The number of rotatable bonds is 44. The Morgan fingerprint density at radius 3 is 1.16 bits per heavy atom. The fourth-order valence-corrected chi connectivity index (χ4v) is 7.31. The van der Waals surface area contributed by atoms with E-state index in [2.05, 4.69) is 42.7 Å². The van der Waals surface area contributed by atoms with Crippen LogP contribution < -0.4 is 0 Å². The van der Waals surface area contributed by atoms with E-state index in [0.717, 1.165) is 57.8 Å². The van der Waals surface area contributed by atoms with Gasteiger partial charge in [-0.1, -0.05) is 218 Å².